The Hall–Kier alpha value is -3.42. The topological polar surface area (TPSA) is 85.1 Å². The van der Waals surface area contributed by atoms with Gasteiger partial charge in [-0.2, -0.15) is 0 Å². The van der Waals surface area contributed by atoms with Gasteiger partial charge in [-0.1, -0.05) is 12.1 Å². The number of nitrogens with zero attached hydrogens (tertiary/aromatic N) is 5. The third-order valence-electron chi connectivity index (χ3n) is 5.31. The predicted octanol–water partition coefficient (Wildman–Crippen LogP) is 1.41. The summed E-state index contributed by atoms with van der Waals surface area (Å²) in [6, 6.07) is 7.49. The van der Waals surface area contributed by atoms with E-state index in [2.05, 4.69) is 15.3 Å². The van der Waals surface area contributed by atoms with Gasteiger partial charge in [0.05, 0.1) is 18.3 Å². The van der Waals surface area contributed by atoms with Gasteiger partial charge >= 0.3 is 0 Å². The highest BCUT2D eigenvalue weighted by atomic mass is 16.2. The fourth-order valence-corrected chi connectivity index (χ4v) is 3.90. The van der Waals surface area contributed by atoms with Crippen LogP contribution in [-0.2, 0) is 18.4 Å². The Bertz CT molecular complexity index is 993. The van der Waals surface area contributed by atoms with E-state index in [1.807, 2.05) is 52.8 Å². The first-order valence-corrected chi connectivity index (χ1v) is 9.59. The van der Waals surface area contributed by atoms with Gasteiger partial charge in [0.15, 0.2) is 0 Å². The van der Waals surface area contributed by atoms with Crippen LogP contribution in [0.3, 0.4) is 0 Å². The van der Waals surface area contributed by atoms with E-state index in [-0.39, 0.29) is 23.8 Å². The Morgan fingerprint density at radius 3 is 2.55 bits per heavy atom. The molecule has 3 aromatic rings. The molecule has 0 spiro atoms. The molecule has 8 nitrogen and oxygen atoms in total. The number of nitrogens with one attached hydrogen (secondary N) is 1. The molecule has 1 aliphatic rings. The maximum absolute atomic E-state index is 13.1. The van der Waals surface area contributed by atoms with Gasteiger partial charge in [-0.05, 0) is 17.7 Å². The Morgan fingerprint density at radius 1 is 1.14 bits per heavy atom. The second-order valence-corrected chi connectivity index (χ2v) is 7.45. The summed E-state index contributed by atoms with van der Waals surface area (Å²) < 4.78 is 3.92. The molecule has 2 amide bonds. The van der Waals surface area contributed by atoms with E-state index >= 15 is 0 Å². The first-order valence-electron chi connectivity index (χ1n) is 9.59. The number of likely N-dealkylation sites (tertiary alicyclic amines) is 1. The fourth-order valence-electron chi connectivity index (χ4n) is 3.90. The molecule has 0 bridgehead atoms. The molecular weight excluding hydrogens is 368 g/mol. The summed E-state index contributed by atoms with van der Waals surface area (Å²) >= 11 is 0. The monoisotopic (exact) mass is 392 g/mol. The molecule has 0 radical (unpaired) electrons. The molecule has 29 heavy (non-hydrogen) atoms. The van der Waals surface area contributed by atoms with Crippen LogP contribution in [0.4, 0.5) is 0 Å². The molecule has 150 valence electrons. The minimum absolute atomic E-state index is 0.0359. The molecule has 1 aromatic carbocycles. The summed E-state index contributed by atoms with van der Waals surface area (Å²) in [7, 11) is 1.93. The number of aromatic nitrogens is 4. The standard InChI is InChI=1S/C21H24N6O2/c1-15(28)24-19-13-27(12-18(19)20-23-8-9-25(20)2)21(29)17-5-3-16(4-6-17)11-26-10-7-22-14-26/h3-10,14,18-19H,11-13H2,1-2H3,(H,24,28)/t18-,19-/m1/s1. The van der Waals surface area contributed by atoms with Gasteiger partial charge < -0.3 is 19.4 Å². The van der Waals surface area contributed by atoms with Gasteiger partial charge in [0.25, 0.3) is 5.91 Å². The van der Waals surface area contributed by atoms with Gasteiger partial charge in [0.2, 0.25) is 5.91 Å². The van der Waals surface area contributed by atoms with Crippen LogP contribution < -0.4 is 5.32 Å². The van der Waals surface area contributed by atoms with E-state index in [9.17, 15) is 9.59 Å². The zero-order valence-electron chi connectivity index (χ0n) is 16.5. The van der Waals surface area contributed by atoms with E-state index < -0.39 is 0 Å². The summed E-state index contributed by atoms with van der Waals surface area (Å²) in [5.41, 5.74) is 1.74. The van der Waals surface area contributed by atoms with Crippen LogP contribution in [-0.4, -0.2) is 54.9 Å². The zero-order chi connectivity index (χ0) is 20.4. The lowest BCUT2D eigenvalue weighted by Crippen LogP contribution is -2.39. The minimum Gasteiger partial charge on any atom is -0.351 e. The lowest BCUT2D eigenvalue weighted by molar-refractivity contribution is -0.119. The van der Waals surface area contributed by atoms with E-state index in [1.54, 1.807) is 23.6 Å². The highest BCUT2D eigenvalue weighted by Crippen LogP contribution is 2.27. The van der Waals surface area contributed by atoms with Crippen molar-refractivity contribution >= 4 is 11.8 Å². The number of hydrogen-bond acceptors (Lipinski definition) is 4. The number of hydrogen-bond donors (Lipinski definition) is 1. The van der Waals surface area contributed by atoms with Gasteiger partial charge in [-0.15, -0.1) is 0 Å². The molecule has 0 unspecified atom stereocenters. The van der Waals surface area contributed by atoms with Crippen LogP contribution in [0, 0.1) is 0 Å². The number of benzene rings is 1. The zero-order valence-corrected chi connectivity index (χ0v) is 16.5. The van der Waals surface area contributed by atoms with Crippen LogP contribution in [0.5, 0.6) is 0 Å². The molecule has 1 N–H and O–H groups in total. The first kappa shape index (κ1) is 18.9. The molecule has 0 aliphatic carbocycles. The Labute approximate surface area is 169 Å². The molecule has 4 rings (SSSR count). The molecule has 8 heteroatoms. The summed E-state index contributed by atoms with van der Waals surface area (Å²) in [6.07, 6.45) is 9.04. The van der Waals surface area contributed by atoms with Crippen molar-refractivity contribution in [2.45, 2.75) is 25.4 Å². The SMILES string of the molecule is CC(=O)N[C@@H]1CN(C(=O)c2ccc(Cn3ccnc3)cc2)C[C@H]1c1nccn1C. The quantitative estimate of drug-likeness (QED) is 0.711. The molecule has 3 heterocycles. The summed E-state index contributed by atoms with van der Waals surface area (Å²) in [4.78, 5) is 35.0. The summed E-state index contributed by atoms with van der Waals surface area (Å²) in [5.74, 6) is 0.691. The normalized spacial score (nSPS) is 18.8. The highest BCUT2D eigenvalue weighted by molar-refractivity contribution is 5.94. The lowest BCUT2D eigenvalue weighted by Gasteiger charge is -2.18. The maximum atomic E-state index is 13.1. The van der Waals surface area contributed by atoms with Crippen LogP contribution in [0.2, 0.25) is 0 Å². The Morgan fingerprint density at radius 2 is 1.93 bits per heavy atom. The number of aryl methyl sites for hydroxylation is 1. The van der Waals surface area contributed by atoms with Crippen molar-refractivity contribution in [3.05, 3.63) is 72.3 Å². The number of carbonyl (C=O) groups excluding carboxylic acids is 2. The third-order valence-corrected chi connectivity index (χ3v) is 5.31. The molecular formula is C21H24N6O2. The van der Waals surface area contributed by atoms with Crippen molar-refractivity contribution in [2.75, 3.05) is 13.1 Å². The number of amides is 2. The number of rotatable bonds is 5. The van der Waals surface area contributed by atoms with Gasteiger partial charge in [0.1, 0.15) is 5.82 Å². The largest absolute Gasteiger partial charge is 0.351 e. The molecule has 1 saturated heterocycles. The highest BCUT2D eigenvalue weighted by Gasteiger charge is 2.38. The van der Waals surface area contributed by atoms with Crippen molar-refractivity contribution in [3.8, 4) is 0 Å². The fraction of sp³-hybridized carbons (Fsp3) is 0.333. The summed E-state index contributed by atoms with van der Waals surface area (Å²) in [6.45, 7) is 3.20. The van der Waals surface area contributed by atoms with Crippen LogP contribution in [0.25, 0.3) is 0 Å². The van der Waals surface area contributed by atoms with Gasteiger partial charge in [0, 0.05) is 64.0 Å². The van der Waals surface area contributed by atoms with Crippen molar-refractivity contribution < 1.29 is 9.59 Å². The Kier molecular flexibility index (Phi) is 5.16. The number of imidazole rings is 2. The molecule has 1 aliphatic heterocycles. The van der Waals surface area contributed by atoms with Gasteiger partial charge in [-0.3, -0.25) is 9.59 Å². The molecule has 2 atom stereocenters. The lowest BCUT2D eigenvalue weighted by atomic mass is 10.0. The first-order chi connectivity index (χ1) is 14.0. The van der Waals surface area contributed by atoms with E-state index in [0.29, 0.717) is 25.2 Å². The number of carbonyl (C=O) groups is 2. The van der Waals surface area contributed by atoms with Gasteiger partial charge in [-0.25, -0.2) is 9.97 Å². The minimum atomic E-state index is -0.155. The van der Waals surface area contributed by atoms with Crippen LogP contribution >= 0.6 is 0 Å². The Balaban J connectivity index is 1.49. The van der Waals surface area contributed by atoms with Crippen LogP contribution in [0.15, 0.2) is 55.4 Å². The maximum Gasteiger partial charge on any atom is 0.253 e. The van der Waals surface area contributed by atoms with Crippen molar-refractivity contribution in [1.29, 1.82) is 0 Å². The average Bonchev–Trinajstić information content (AvgIpc) is 3.43. The molecule has 0 saturated carbocycles. The average molecular weight is 392 g/mol. The van der Waals surface area contributed by atoms with Crippen LogP contribution in [0.1, 0.15) is 34.6 Å². The molecule has 1 fully saturated rings. The van der Waals surface area contributed by atoms with E-state index in [1.165, 1.54) is 6.92 Å². The predicted molar refractivity (Wildman–Crippen MR) is 107 cm³/mol. The van der Waals surface area contributed by atoms with E-state index in [4.69, 9.17) is 0 Å². The third kappa shape index (κ3) is 4.06. The van der Waals surface area contributed by atoms with E-state index in [0.717, 1.165) is 11.4 Å². The van der Waals surface area contributed by atoms with Crippen molar-refractivity contribution in [2.24, 2.45) is 7.05 Å². The second kappa shape index (κ2) is 7.90. The smallest absolute Gasteiger partial charge is 0.253 e. The summed E-state index contributed by atoms with van der Waals surface area (Å²) in [5, 5.41) is 2.98. The van der Waals surface area contributed by atoms with Crippen molar-refractivity contribution in [3.63, 3.8) is 0 Å². The van der Waals surface area contributed by atoms with Crippen molar-refractivity contribution in [1.82, 2.24) is 29.3 Å². The molecule has 2 aromatic heterocycles. The second-order valence-electron chi connectivity index (χ2n) is 7.45.